The van der Waals surface area contributed by atoms with Crippen LogP contribution >= 0.6 is 7.60 Å². The maximum Gasteiger partial charge on any atom is 0.348 e. The molecule has 0 fully saturated rings. The molecule has 1 aromatic carbocycles. The van der Waals surface area contributed by atoms with Crippen molar-refractivity contribution >= 4 is 13.6 Å². The Morgan fingerprint density at radius 2 is 1.64 bits per heavy atom. The smallest absolute Gasteiger partial charge is 0.348 e. The van der Waals surface area contributed by atoms with Crippen LogP contribution in [0.5, 0.6) is 11.5 Å². The molecule has 0 heterocycles. The Labute approximate surface area is 129 Å². The molecule has 7 nitrogen and oxygen atoms in total. The third-order valence-electron chi connectivity index (χ3n) is 2.75. The number of hydrogen-bond donors (Lipinski definition) is 1. The van der Waals surface area contributed by atoms with Crippen LogP contribution < -0.4 is 9.47 Å². The second kappa shape index (κ2) is 8.78. The monoisotopic (exact) mass is 332 g/mol. The molecule has 0 aromatic heterocycles. The predicted octanol–water partition coefficient (Wildman–Crippen LogP) is 2.79. The lowest BCUT2D eigenvalue weighted by molar-refractivity contribution is -0.137. The Kier molecular flexibility index (Phi) is 7.38. The van der Waals surface area contributed by atoms with Crippen LogP contribution in [0.25, 0.3) is 0 Å². The number of carboxylic acids is 1. The van der Waals surface area contributed by atoms with Crippen LogP contribution in [0.1, 0.15) is 13.8 Å². The van der Waals surface area contributed by atoms with E-state index in [9.17, 15) is 14.5 Å². The van der Waals surface area contributed by atoms with Gasteiger partial charge >= 0.3 is 13.6 Å². The number of ether oxygens (including phenoxy) is 2. The molecule has 1 atom stereocenters. The number of methoxy groups -OCH3 is 1. The van der Waals surface area contributed by atoms with Crippen molar-refractivity contribution in [1.82, 2.24) is 0 Å². The van der Waals surface area contributed by atoms with Gasteiger partial charge in [-0.3, -0.25) is 9.36 Å². The minimum absolute atomic E-state index is 0.0869. The van der Waals surface area contributed by atoms with E-state index in [-0.39, 0.29) is 19.8 Å². The second-order valence-electron chi connectivity index (χ2n) is 4.22. The van der Waals surface area contributed by atoms with Crippen molar-refractivity contribution in [2.75, 3.05) is 26.9 Å². The molecule has 124 valence electrons. The van der Waals surface area contributed by atoms with Crippen molar-refractivity contribution in [2.45, 2.75) is 19.5 Å². The Bertz CT molecular complexity index is 504. The van der Waals surface area contributed by atoms with E-state index in [1.807, 2.05) is 0 Å². The van der Waals surface area contributed by atoms with Crippen LogP contribution in [0.2, 0.25) is 0 Å². The lowest BCUT2D eigenvalue weighted by Gasteiger charge is -2.23. The molecule has 8 heteroatoms. The van der Waals surface area contributed by atoms with Crippen LogP contribution in [0, 0.1) is 0 Å². The fourth-order valence-electron chi connectivity index (χ4n) is 1.72. The average molecular weight is 332 g/mol. The first kappa shape index (κ1) is 18.5. The molecule has 1 rings (SSSR count). The largest absolute Gasteiger partial charge is 0.497 e. The molecular weight excluding hydrogens is 311 g/mol. The summed E-state index contributed by atoms with van der Waals surface area (Å²) >= 11 is 0. The van der Waals surface area contributed by atoms with E-state index in [2.05, 4.69) is 0 Å². The summed E-state index contributed by atoms with van der Waals surface area (Å²) in [5, 5.41) is 9.29. The molecule has 0 aliphatic rings. The van der Waals surface area contributed by atoms with Gasteiger partial charge in [-0.25, -0.2) is 0 Å². The van der Waals surface area contributed by atoms with E-state index in [4.69, 9.17) is 18.5 Å². The van der Waals surface area contributed by atoms with Gasteiger partial charge in [0.15, 0.2) is 5.66 Å². The Morgan fingerprint density at radius 1 is 1.14 bits per heavy atom. The minimum Gasteiger partial charge on any atom is -0.497 e. The standard InChI is InChI=1S/C14H21O7P/c1-4-20-22(17,21-5-2)13(14(15)16)10-19-12-8-6-11(18-3)7-9-12/h6-9,13H,4-5,10H2,1-3H3,(H,15,16). The predicted molar refractivity (Wildman–Crippen MR) is 80.8 cm³/mol. The van der Waals surface area contributed by atoms with Gasteiger partial charge in [0.25, 0.3) is 0 Å². The Morgan fingerprint density at radius 3 is 2.05 bits per heavy atom. The first-order valence-electron chi connectivity index (χ1n) is 6.85. The maximum absolute atomic E-state index is 12.6. The lowest BCUT2D eigenvalue weighted by atomic mass is 10.3. The number of carboxylic acid groups (broad SMARTS) is 1. The molecule has 0 bridgehead atoms. The Balaban J connectivity index is 2.82. The summed E-state index contributed by atoms with van der Waals surface area (Å²) in [6.07, 6.45) is 0. The van der Waals surface area contributed by atoms with Gasteiger partial charge in [0.2, 0.25) is 0 Å². The summed E-state index contributed by atoms with van der Waals surface area (Å²) < 4.78 is 33.1. The molecule has 0 radical (unpaired) electrons. The fourth-order valence-corrected chi connectivity index (χ4v) is 3.40. The van der Waals surface area contributed by atoms with Crippen molar-refractivity contribution < 1.29 is 33.0 Å². The summed E-state index contributed by atoms with van der Waals surface area (Å²) in [5.74, 6) is -0.207. The van der Waals surface area contributed by atoms with E-state index in [0.29, 0.717) is 11.5 Å². The van der Waals surface area contributed by atoms with Crippen LogP contribution in [-0.2, 0) is 18.4 Å². The molecule has 1 aromatic rings. The van der Waals surface area contributed by atoms with E-state index in [0.717, 1.165) is 0 Å². The molecule has 1 unspecified atom stereocenters. The molecular formula is C14H21O7P. The molecule has 0 amide bonds. The summed E-state index contributed by atoms with van der Waals surface area (Å²) in [7, 11) is -2.25. The SMILES string of the molecule is CCOP(=O)(OCC)C(COc1ccc(OC)cc1)C(=O)O. The van der Waals surface area contributed by atoms with Crippen molar-refractivity contribution in [3.8, 4) is 11.5 Å². The second-order valence-corrected chi connectivity index (χ2v) is 6.44. The fraction of sp³-hybridized carbons (Fsp3) is 0.500. The average Bonchev–Trinajstić information content (AvgIpc) is 2.48. The van der Waals surface area contributed by atoms with Crippen molar-refractivity contribution in [3.05, 3.63) is 24.3 Å². The lowest BCUT2D eigenvalue weighted by Crippen LogP contribution is -2.29. The highest BCUT2D eigenvalue weighted by atomic mass is 31.2. The van der Waals surface area contributed by atoms with Crippen LogP contribution in [-0.4, -0.2) is 43.7 Å². The highest BCUT2D eigenvalue weighted by Gasteiger charge is 2.42. The van der Waals surface area contributed by atoms with Crippen LogP contribution in [0.15, 0.2) is 24.3 Å². The van der Waals surface area contributed by atoms with Crippen molar-refractivity contribution in [3.63, 3.8) is 0 Å². The number of rotatable bonds is 10. The summed E-state index contributed by atoms with van der Waals surface area (Å²) in [6.45, 7) is 3.09. The van der Waals surface area contributed by atoms with Crippen molar-refractivity contribution in [1.29, 1.82) is 0 Å². The van der Waals surface area contributed by atoms with Gasteiger partial charge in [0, 0.05) is 0 Å². The van der Waals surface area contributed by atoms with Gasteiger partial charge < -0.3 is 23.6 Å². The van der Waals surface area contributed by atoms with Gasteiger partial charge in [0.1, 0.15) is 18.1 Å². The molecule has 22 heavy (non-hydrogen) atoms. The van der Waals surface area contributed by atoms with Gasteiger partial charge in [0.05, 0.1) is 20.3 Å². The van der Waals surface area contributed by atoms with Gasteiger partial charge in [-0.2, -0.15) is 0 Å². The topological polar surface area (TPSA) is 91.3 Å². The van der Waals surface area contributed by atoms with Crippen LogP contribution in [0.3, 0.4) is 0 Å². The van der Waals surface area contributed by atoms with Crippen LogP contribution in [0.4, 0.5) is 0 Å². The highest BCUT2D eigenvalue weighted by molar-refractivity contribution is 7.55. The third kappa shape index (κ3) is 5.02. The van der Waals surface area contributed by atoms with E-state index < -0.39 is 19.2 Å². The zero-order chi connectivity index (χ0) is 16.6. The molecule has 0 aliphatic carbocycles. The zero-order valence-electron chi connectivity index (χ0n) is 12.9. The minimum atomic E-state index is -3.79. The van der Waals surface area contributed by atoms with Gasteiger partial charge in [-0.15, -0.1) is 0 Å². The number of carbonyl (C=O) groups is 1. The highest BCUT2D eigenvalue weighted by Crippen LogP contribution is 2.53. The molecule has 0 spiro atoms. The molecule has 0 saturated carbocycles. The summed E-state index contributed by atoms with van der Waals surface area (Å²) in [6, 6.07) is 6.61. The maximum atomic E-state index is 12.6. The number of hydrogen-bond acceptors (Lipinski definition) is 6. The molecule has 0 saturated heterocycles. The molecule has 1 N–H and O–H groups in total. The zero-order valence-corrected chi connectivity index (χ0v) is 13.7. The third-order valence-corrected chi connectivity index (χ3v) is 5.12. The van der Waals surface area contributed by atoms with E-state index >= 15 is 0 Å². The van der Waals surface area contributed by atoms with Crippen molar-refractivity contribution in [2.24, 2.45) is 0 Å². The first-order chi connectivity index (χ1) is 10.5. The first-order valence-corrected chi connectivity index (χ1v) is 8.46. The molecule has 0 aliphatic heterocycles. The summed E-state index contributed by atoms with van der Waals surface area (Å²) in [4.78, 5) is 11.4. The number of aliphatic carboxylic acids is 1. The van der Waals surface area contributed by atoms with Gasteiger partial charge in [-0.1, -0.05) is 0 Å². The van der Waals surface area contributed by atoms with E-state index in [1.165, 1.54) is 7.11 Å². The summed E-state index contributed by atoms with van der Waals surface area (Å²) in [5.41, 5.74) is -1.39. The quantitative estimate of drug-likeness (QED) is 0.659. The van der Waals surface area contributed by atoms with Gasteiger partial charge in [-0.05, 0) is 38.1 Å². The van der Waals surface area contributed by atoms with E-state index in [1.54, 1.807) is 38.1 Å². The number of benzene rings is 1. The Hall–Kier alpha value is -1.56. The normalized spacial score (nSPS) is 12.7.